The van der Waals surface area contributed by atoms with Gasteiger partial charge in [-0.15, -0.1) is 10.2 Å². The number of amides is 1. The van der Waals surface area contributed by atoms with Gasteiger partial charge in [0.05, 0.1) is 5.92 Å². The van der Waals surface area contributed by atoms with Crippen molar-refractivity contribution in [3.8, 4) is 0 Å². The quantitative estimate of drug-likeness (QED) is 0.465. The van der Waals surface area contributed by atoms with Crippen molar-refractivity contribution in [1.29, 1.82) is 0 Å². The number of nitrogens with zero attached hydrogens (tertiary/aromatic N) is 2. The van der Waals surface area contributed by atoms with Crippen molar-refractivity contribution in [2.24, 2.45) is 0 Å². The Balaban J connectivity index is 2.00. The SMILES string of the molecule is C=C(C)CSc1nnc(NC(=O)C(CC)c2ccccc2)s1. The zero-order valence-electron chi connectivity index (χ0n) is 12.7. The van der Waals surface area contributed by atoms with Crippen LogP contribution in [0, 0.1) is 0 Å². The lowest BCUT2D eigenvalue weighted by atomic mass is 9.96. The van der Waals surface area contributed by atoms with Gasteiger partial charge in [-0.25, -0.2) is 0 Å². The van der Waals surface area contributed by atoms with Crippen LogP contribution in [0.1, 0.15) is 31.7 Å². The van der Waals surface area contributed by atoms with Gasteiger partial charge >= 0.3 is 0 Å². The van der Waals surface area contributed by atoms with Crippen molar-refractivity contribution in [2.45, 2.75) is 30.5 Å². The number of nitrogens with one attached hydrogen (secondary N) is 1. The number of benzene rings is 1. The van der Waals surface area contributed by atoms with Crippen molar-refractivity contribution >= 4 is 34.1 Å². The van der Waals surface area contributed by atoms with Gasteiger partial charge in [0.2, 0.25) is 11.0 Å². The van der Waals surface area contributed by atoms with Crippen LogP contribution in [0.15, 0.2) is 46.8 Å². The highest BCUT2D eigenvalue weighted by Gasteiger charge is 2.20. The molecule has 0 bridgehead atoms. The van der Waals surface area contributed by atoms with E-state index in [2.05, 4.69) is 22.1 Å². The summed E-state index contributed by atoms with van der Waals surface area (Å²) in [5, 5.41) is 11.5. The number of carbonyl (C=O) groups is 1. The zero-order chi connectivity index (χ0) is 15.9. The number of anilines is 1. The monoisotopic (exact) mass is 333 g/mol. The lowest BCUT2D eigenvalue weighted by molar-refractivity contribution is -0.117. The van der Waals surface area contributed by atoms with Crippen LogP contribution in [-0.2, 0) is 4.79 Å². The largest absolute Gasteiger partial charge is 0.300 e. The van der Waals surface area contributed by atoms with Crippen LogP contribution in [0.4, 0.5) is 5.13 Å². The minimum absolute atomic E-state index is 0.0405. The minimum Gasteiger partial charge on any atom is -0.300 e. The normalized spacial score (nSPS) is 11.9. The van der Waals surface area contributed by atoms with Crippen LogP contribution in [0.3, 0.4) is 0 Å². The molecule has 1 unspecified atom stereocenters. The summed E-state index contributed by atoms with van der Waals surface area (Å²) in [7, 11) is 0. The summed E-state index contributed by atoms with van der Waals surface area (Å²) in [6.45, 7) is 7.84. The van der Waals surface area contributed by atoms with Gasteiger partial charge in [0.15, 0.2) is 4.34 Å². The van der Waals surface area contributed by atoms with E-state index in [1.165, 1.54) is 11.3 Å². The fraction of sp³-hybridized carbons (Fsp3) is 0.312. The smallest absolute Gasteiger partial charge is 0.233 e. The highest BCUT2D eigenvalue weighted by molar-refractivity contribution is 8.01. The van der Waals surface area contributed by atoms with E-state index in [1.807, 2.05) is 44.2 Å². The third kappa shape index (κ3) is 4.68. The van der Waals surface area contributed by atoms with Gasteiger partial charge in [-0.3, -0.25) is 10.1 Å². The molecular weight excluding hydrogens is 314 g/mol. The predicted molar refractivity (Wildman–Crippen MR) is 93.6 cm³/mol. The Labute approximate surface area is 139 Å². The Hall–Kier alpha value is -1.66. The Morgan fingerprint density at radius 1 is 1.36 bits per heavy atom. The fourth-order valence-electron chi connectivity index (χ4n) is 1.95. The molecule has 2 rings (SSSR count). The maximum atomic E-state index is 12.4. The van der Waals surface area contributed by atoms with Crippen molar-refractivity contribution in [3.05, 3.63) is 48.0 Å². The summed E-state index contributed by atoms with van der Waals surface area (Å²) in [4.78, 5) is 12.4. The molecule has 116 valence electrons. The number of aromatic nitrogens is 2. The molecule has 22 heavy (non-hydrogen) atoms. The molecule has 0 radical (unpaired) electrons. The molecule has 1 amide bonds. The molecule has 6 heteroatoms. The molecular formula is C16H19N3OS2. The van der Waals surface area contributed by atoms with E-state index in [4.69, 9.17) is 0 Å². The summed E-state index contributed by atoms with van der Waals surface area (Å²) in [5.41, 5.74) is 2.10. The average Bonchev–Trinajstić information content (AvgIpc) is 2.94. The van der Waals surface area contributed by atoms with E-state index in [9.17, 15) is 4.79 Å². The molecule has 0 saturated heterocycles. The van der Waals surface area contributed by atoms with E-state index in [0.717, 1.165) is 27.6 Å². The first-order valence-corrected chi connectivity index (χ1v) is 8.86. The third-order valence-corrected chi connectivity index (χ3v) is 5.21. The summed E-state index contributed by atoms with van der Waals surface area (Å²) in [6.07, 6.45) is 0.742. The van der Waals surface area contributed by atoms with Crippen molar-refractivity contribution in [1.82, 2.24) is 10.2 Å². The standard InChI is InChI=1S/C16H19N3OS2/c1-4-13(12-8-6-5-7-9-12)14(20)17-15-18-19-16(22-15)21-10-11(2)3/h5-9,13H,2,4,10H2,1,3H3,(H,17,18,20). The summed E-state index contributed by atoms with van der Waals surface area (Å²) in [5.74, 6) is 0.599. The highest BCUT2D eigenvalue weighted by atomic mass is 32.2. The maximum absolute atomic E-state index is 12.4. The molecule has 0 fully saturated rings. The van der Waals surface area contributed by atoms with Crippen LogP contribution in [-0.4, -0.2) is 21.9 Å². The molecule has 0 aliphatic carbocycles. The molecule has 0 saturated carbocycles. The first kappa shape index (κ1) is 16.7. The van der Waals surface area contributed by atoms with Crippen LogP contribution in [0.5, 0.6) is 0 Å². The first-order valence-electron chi connectivity index (χ1n) is 7.06. The van der Waals surface area contributed by atoms with Crippen LogP contribution < -0.4 is 5.32 Å². The molecule has 1 N–H and O–H groups in total. The molecule has 1 aromatic heterocycles. The van der Waals surface area contributed by atoms with Gasteiger partial charge < -0.3 is 0 Å². The Morgan fingerprint density at radius 3 is 2.73 bits per heavy atom. The summed E-state index contributed by atoms with van der Waals surface area (Å²) in [6, 6.07) is 9.79. The molecule has 0 spiro atoms. The fourth-order valence-corrected chi connectivity index (χ4v) is 3.55. The van der Waals surface area contributed by atoms with Crippen LogP contribution in [0.2, 0.25) is 0 Å². The van der Waals surface area contributed by atoms with Crippen molar-refractivity contribution in [3.63, 3.8) is 0 Å². The van der Waals surface area contributed by atoms with Crippen LogP contribution in [0.25, 0.3) is 0 Å². The number of hydrogen-bond acceptors (Lipinski definition) is 5. The van der Waals surface area contributed by atoms with Crippen molar-refractivity contribution < 1.29 is 4.79 Å². The molecule has 1 atom stereocenters. The van der Waals surface area contributed by atoms with Gasteiger partial charge in [0, 0.05) is 5.75 Å². The van der Waals surface area contributed by atoms with E-state index in [1.54, 1.807) is 11.8 Å². The molecule has 4 nitrogen and oxygen atoms in total. The Kier molecular flexibility index (Phi) is 6.15. The maximum Gasteiger partial charge on any atom is 0.233 e. The van der Waals surface area contributed by atoms with Crippen molar-refractivity contribution in [2.75, 3.05) is 11.1 Å². The second-order valence-electron chi connectivity index (χ2n) is 4.98. The van der Waals surface area contributed by atoms with E-state index in [-0.39, 0.29) is 11.8 Å². The third-order valence-electron chi connectivity index (χ3n) is 3.01. The molecule has 1 aromatic carbocycles. The first-order chi connectivity index (χ1) is 10.6. The molecule has 1 heterocycles. The molecule has 0 aliphatic heterocycles. The lowest BCUT2D eigenvalue weighted by Gasteiger charge is -2.13. The van der Waals surface area contributed by atoms with E-state index < -0.39 is 0 Å². The summed E-state index contributed by atoms with van der Waals surface area (Å²) >= 11 is 2.98. The molecule has 0 aliphatic rings. The number of hydrogen-bond donors (Lipinski definition) is 1. The lowest BCUT2D eigenvalue weighted by Crippen LogP contribution is -2.20. The average molecular weight is 333 g/mol. The van der Waals surface area contributed by atoms with Crippen LogP contribution >= 0.6 is 23.1 Å². The minimum atomic E-state index is -0.170. The number of carbonyl (C=O) groups excluding carboxylic acids is 1. The topological polar surface area (TPSA) is 54.9 Å². The highest BCUT2D eigenvalue weighted by Crippen LogP contribution is 2.28. The molecule has 2 aromatic rings. The van der Waals surface area contributed by atoms with E-state index in [0.29, 0.717) is 5.13 Å². The van der Waals surface area contributed by atoms with Gasteiger partial charge in [0.25, 0.3) is 0 Å². The van der Waals surface area contributed by atoms with Gasteiger partial charge in [-0.05, 0) is 18.9 Å². The number of thioether (sulfide) groups is 1. The van der Waals surface area contributed by atoms with E-state index >= 15 is 0 Å². The summed E-state index contributed by atoms with van der Waals surface area (Å²) < 4.78 is 0.839. The number of rotatable bonds is 7. The zero-order valence-corrected chi connectivity index (χ0v) is 14.3. The van der Waals surface area contributed by atoms with Gasteiger partial charge in [-0.2, -0.15) is 0 Å². The second kappa shape index (κ2) is 8.10. The van der Waals surface area contributed by atoms with Gasteiger partial charge in [0.1, 0.15) is 0 Å². The Morgan fingerprint density at radius 2 is 2.09 bits per heavy atom. The van der Waals surface area contributed by atoms with Gasteiger partial charge in [-0.1, -0.05) is 72.5 Å². The Bertz CT molecular complexity index is 640. The second-order valence-corrected chi connectivity index (χ2v) is 7.18. The predicted octanol–water partition coefficient (Wildman–Crippen LogP) is 4.34.